The highest BCUT2D eigenvalue weighted by atomic mass is 35.5. The molecule has 0 fully saturated rings. The highest BCUT2D eigenvalue weighted by Crippen LogP contribution is 2.28. The van der Waals surface area contributed by atoms with E-state index in [0.717, 1.165) is 34.0 Å². The van der Waals surface area contributed by atoms with E-state index < -0.39 is 0 Å². The minimum atomic E-state index is -0.120. The Bertz CT molecular complexity index is 907. The standard InChI is InChI=1S/C19H16ClNO2/c1-12-3-8-18-17(11-12)16(9-10-22)13(2)21(18)19(23)14-4-6-15(20)7-5-14/h3-8,10-11H,9H2,1-2H3. The van der Waals surface area contributed by atoms with Crippen LogP contribution in [0, 0.1) is 13.8 Å². The first-order chi connectivity index (χ1) is 11.0. The first-order valence-electron chi connectivity index (χ1n) is 7.37. The van der Waals surface area contributed by atoms with Crippen molar-refractivity contribution in [3.8, 4) is 0 Å². The van der Waals surface area contributed by atoms with Gasteiger partial charge in [0.25, 0.3) is 5.91 Å². The molecule has 3 nitrogen and oxygen atoms in total. The number of benzene rings is 2. The quantitative estimate of drug-likeness (QED) is 0.672. The monoisotopic (exact) mass is 325 g/mol. The van der Waals surface area contributed by atoms with Gasteiger partial charge in [-0.1, -0.05) is 23.2 Å². The van der Waals surface area contributed by atoms with Crippen LogP contribution in [0.2, 0.25) is 5.02 Å². The number of halogens is 1. The molecule has 0 saturated carbocycles. The van der Waals surface area contributed by atoms with Gasteiger partial charge < -0.3 is 4.79 Å². The third kappa shape index (κ3) is 2.68. The molecule has 3 aromatic rings. The van der Waals surface area contributed by atoms with E-state index in [1.807, 2.05) is 32.0 Å². The second-order valence-electron chi connectivity index (χ2n) is 5.60. The number of rotatable bonds is 3. The fraction of sp³-hybridized carbons (Fsp3) is 0.158. The number of carbonyl (C=O) groups is 2. The maximum absolute atomic E-state index is 12.9. The Morgan fingerprint density at radius 1 is 1.13 bits per heavy atom. The minimum absolute atomic E-state index is 0.120. The molecule has 0 bridgehead atoms. The number of carbonyl (C=O) groups excluding carboxylic acids is 2. The largest absolute Gasteiger partial charge is 0.303 e. The molecule has 116 valence electrons. The molecule has 3 rings (SSSR count). The van der Waals surface area contributed by atoms with Crippen molar-refractivity contribution in [2.75, 3.05) is 0 Å². The third-order valence-corrected chi connectivity index (χ3v) is 4.32. The van der Waals surface area contributed by atoms with Gasteiger partial charge in [-0.15, -0.1) is 0 Å². The molecule has 23 heavy (non-hydrogen) atoms. The number of fused-ring (bicyclic) bond motifs is 1. The van der Waals surface area contributed by atoms with Crippen molar-refractivity contribution in [2.24, 2.45) is 0 Å². The SMILES string of the molecule is Cc1ccc2c(c1)c(CC=O)c(C)n2C(=O)c1ccc(Cl)cc1. The summed E-state index contributed by atoms with van der Waals surface area (Å²) in [5.74, 6) is -0.120. The lowest BCUT2D eigenvalue weighted by Crippen LogP contribution is -2.13. The van der Waals surface area contributed by atoms with Crippen LogP contribution in [-0.2, 0) is 11.2 Å². The normalized spacial score (nSPS) is 10.9. The number of hydrogen-bond donors (Lipinski definition) is 0. The average molecular weight is 326 g/mol. The van der Waals surface area contributed by atoms with E-state index in [9.17, 15) is 9.59 Å². The number of aromatic nitrogens is 1. The van der Waals surface area contributed by atoms with Gasteiger partial charge >= 0.3 is 0 Å². The van der Waals surface area contributed by atoms with Crippen molar-refractivity contribution < 1.29 is 9.59 Å². The van der Waals surface area contributed by atoms with Crippen molar-refractivity contribution in [3.63, 3.8) is 0 Å². The molecule has 0 aliphatic carbocycles. The van der Waals surface area contributed by atoms with E-state index in [1.165, 1.54) is 0 Å². The first-order valence-corrected chi connectivity index (χ1v) is 7.75. The first kappa shape index (κ1) is 15.5. The van der Waals surface area contributed by atoms with Crippen LogP contribution in [0.4, 0.5) is 0 Å². The van der Waals surface area contributed by atoms with Gasteiger partial charge in [0, 0.05) is 28.1 Å². The third-order valence-electron chi connectivity index (χ3n) is 4.07. The molecule has 0 aliphatic heterocycles. The molecule has 0 radical (unpaired) electrons. The summed E-state index contributed by atoms with van der Waals surface area (Å²) in [7, 11) is 0. The lowest BCUT2D eigenvalue weighted by molar-refractivity contribution is -0.107. The smallest absolute Gasteiger partial charge is 0.262 e. The van der Waals surface area contributed by atoms with Crippen molar-refractivity contribution >= 4 is 34.7 Å². The molecule has 0 unspecified atom stereocenters. The molecule has 1 aromatic heterocycles. The summed E-state index contributed by atoms with van der Waals surface area (Å²) >= 11 is 5.89. The minimum Gasteiger partial charge on any atom is -0.303 e. The average Bonchev–Trinajstić information content (AvgIpc) is 2.80. The fourth-order valence-electron chi connectivity index (χ4n) is 2.92. The summed E-state index contributed by atoms with van der Waals surface area (Å²) in [5.41, 5.74) is 4.19. The van der Waals surface area contributed by atoms with Gasteiger partial charge in [-0.3, -0.25) is 9.36 Å². The van der Waals surface area contributed by atoms with Crippen LogP contribution in [0.1, 0.15) is 27.2 Å². The zero-order valence-corrected chi connectivity index (χ0v) is 13.7. The maximum atomic E-state index is 12.9. The predicted molar refractivity (Wildman–Crippen MR) is 92.4 cm³/mol. The highest BCUT2D eigenvalue weighted by molar-refractivity contribution is 6.30. The lowest BCUT2D eigenvalue weighted by Gasteiger charge is -2.07. The molecule has 0 atom stereocenters. The van der Waals surface area contributed by atoms with Crippen LogP contribution >= 0.6 is 11.6 Å². The number of nitrogens with zero attached hydrogens (tertiary/aromatic N) is 1. The van der Waals surface area contributed by atoms with E-state index in [-0.39, 0.29) is 5.91 Å². The Balaban J connectivity index is 2.24. The number of aldehydes is 1. The summed E-state index contributed by atoms with van der Waals surface area (Å²) in [6.07, 6.45) is 1.17. The van der Waals surface area contributed by atoms with E-state index >= 15 is 0 Å². The van der Waals surface area contributed by atoms with Crippen molar-refractivity contribution in [3.05, 3.63) is 69.9 Å². The van der Waals surface area contributed by atoms with Gasteiger partial charge in [0.05, 0.1) is 5.52 Å². The Hall–Kier alpha value is -2.39. The molecule has 0 spiro atoms. The van der Waals surface area contributed by atoms with Crippen LogP contribution in [0.15, 0.2) is 42.5 Å². The van der Waals surface area contributed by atoms with Crippen molar-refractivity contribution in [1.29, 1.82) is 0 Å². The molecule has 4 heteroatoms. The molecule has 1 heterocycles. The summed E-state index contributed by atoms with van der Waals surface area (Å²) < 4.78 is 1.68. The van der Waals surface area contributed by atoms with E-state index in [2.05, 4.69) is 0 Å². The Morgan fingerprint density at radius 2 is 1.83 bits per heavy atom. The molecule has 2 aromatic carbocycles. The van der Waals surface area contributed by atoms with Crippen LogP contribution in [-0.4, -0.2) is 16.8 Å². The van der Waals surface area contributed by atoms with Gasteiger partial charge in [-0.05, 0) is 55.8 Å². The highest BCUT2D eigenvalue weighted by Gasteiger charge is 2.19. The van der Waals surface area contributed by atoms with Crippen LogP contribution in [0.5, 0.6) is 0 Å². The Morgan fingerprint density at radius 3 is 2.48 bits per heavy atom. The second-order valence-corrected chi connectivity index (χ2v) is 6.04. The van der Waals surface area contributed by atoms with Gasteiger partial charge in [0.1, 0.15) is 6.29 Å². The molecule has 0 saturated heterocycles. The molecular formula is C19H16ClNO2. The Kier molecular flexibility index (Phi) is 4.05. The summed E-state index contributed by atoms with van der Waals surface area (Å²) in [6.45, 7) is 3.87. The van der Waals surface area contributed by atoms with Gasteiger partial charge in [0.15, 0.2) is 0 Å². The molecule has 0 N–H and O–H groups in total. The van der Waals surface area contributed by atoms with E-state index in [4.69, 9.17) is 11.6 Å². The lowest BCUT2D eigenvalue weighted by atomic mass is 10.1. The summed E-state index contributed by atoms with van der Waals surface area (Å²) in [6, 6.07) is 12.7. The van der Waals surface area contributed by atoms with Gasteiger partial charge in [-0.2, -0.15) is 0 Å². The molecular weight excluding hydrogens is 310 g/mol. The van der Waals surface area contributed by atoms with E-state index in [0.29, 0.717) is 17.0 Å². The number of aryl methyl sites for hydroxylation is 1. The van der Waals surface area contributed by atoms with Gasteiger partial charge in [0.2, 0.25) is 0 Å². The topological polar surface area (TPSA) is 39.1 Å². The maximum Gasteiger partial charge on any atom is 0.262 e. The zero-order chi connectivity index (χ0) is 16.6. The number of hydrogen-bond acceptors (Lipinski definition) is 2. The van der Waals surface area contributed by atoms with Crippen LogP contribution in [0.25, 0.3) is 10.9 Å². The van der Waals surface area contributed by atoms with Gasteiger partial charge in [-0.25, -0.2) is 0 Å². The van der Waals surface area contributed by atoms with Crippen molar-refractivity contribution in [1.82, 2.24) is 4.57 Å². The zero-order valence-electron chi connectivity index (χ0n) is 13.0. The van der Waals surface area contributed by atoms with Crippen LogP contribution < -0.4 is 0 Å². The fourth-order valence-corrected chi connectivity index (χ4v) is 3.05. The van der Waals surface area contributed by atoms with Crippen LogP contribution in [0.3, 0.4) is 0 Å². The van der Waals surface area contributed by atoms with Crippen molar-refractivity contribution in [2.45, 2.75) is 20.3 Å². The summed E-state index contributed by atoms with van der Waals surface area (Å²) in [5, 5.41) is 1.55. The molecule has 0 amide bonds. The van der Waals surface area contributed by atoms with E-state index in [1.54, 1.807) is 28.8 Å². The summed E-state index contributed by atoms with van der Waals surface area (Å²) in [4.78, 5) is 24.0. The second kappa shape index (κ2) is 6.01. The Labute approximate surface area is 139 Å². The molecule has 0 aliphatic rings. The predicted octanol–water partition coefficient (Wildman–Crippen LogP) is 4.34.